The lowest BCUT2D eigenvalue weighted by molar-refractivity contribution is -0.107. The summed E-state index contributed by atoms with van der Waals surface area (Å²) in [5, 5.41) is 0.256. The Kier molecular flexibility index (Phi) is 9.31. The van der Waals surface area contributed by atoms with E-state index < -0.39 is 8.32 Å². The second kappa shape index (κ2) is 9.51. The van der Waals surface area contributed by atoms with E-state index in [9.17, 15) is 4.79 Å². The van der Waals surface area contributed by atoms with Crippen molar-refractivity contribution < 1.29 is 9.22 Å². The van der Waals surface area contributed by atoms with Gasteiger partial charge in [-0.2, -0.15) is 0 Å². The van der Waals surface area contributed by atoms with Gasteiger partial charge < -0.3 is 9.22 Å². The Labute approximate surface area is 127 Å². The molecule has 0 N–H and O–H groups in total. The van der Waals surface area contributed by atoms with Gasteiger partial charge in [0.2, 0.25) is 0 Å². The summed E-state index contributed by atoms with van der Waals surface area (Å²) >= 11 is 0. The summed E-state index contributed by atoms with van der Waals surface area (Å²) in [6.45, 7) is 15.3. The molecule has 0 aliphatic rings. The average Bonchev–Trinajstić information content (AvgIpc) is 2.33. The first-order chi connectivity index (χ1) is 9.24. The highest BCUT2D eigenvalue weighted by Crippen LogP contribution is 2.38. The van der Waals surface area contributed by atoms with Gasteiger partial charge in [0.15, 0.2) is 8.32 Å². The zero-order valence-electron chi connectivity index (χ0n) is 14.2. The SMILES string of the molecule is C=CCCC[C@H](CCCCC=O)O[Si](C)(C)C(C)(C)C. The minimum Gasteiger partial charge on any atom is -0.414 e. The molecule has 2 nitrogen and oxygen atoms in total. The van der Waals surface area contributed by atoms with Crippen molar-refractivity contribution >= 4 is 14.6 Å². The van der Waals surface area contributed by atoms with Crippen LogP contribution in [0.25, 0.3) is 0 Å². The molecule has 0 aliphatic heterocycles. The lowest BCUT2D eigenvalue weighted by Gasteiger charge is -2.39. The number of carbonyl (C=O) groups excluding carboxylic acids is 1. The molecule has 0 aromatic rings. The molecule has 1 atom stereocenters. The minimum absolute atomic E-state index is 0.256. The molecule has 0 radical (unpaired) electrons. The molecule has 0 unspecified atom stereocenters. The quantitative estimate of drug-likeness (QED) is 0.218. The molecule has 0 aliphatic carbocycles. The van der Waals surface area contributed by atoms with E-state index in [0.717, 1.165) is 44.8 Å². The molecule has 0 saturated heterocycles. The number of rotatable bonds is 11. The lowest BCUT2D eigenvalue weighted by atomic mass is 10.1. The maximum atomic E-state index is 10.4. The number of aldehydes is 1. The van der Waals surface area contributed by atoms with E-state index in [1.807, 2.05) is 6.08 Å². The molecule has 0 amide bonds. The highest BCUT2D eigenvalue weighted by molar-refractivity contribution is 6.74. The van der Waals surface area contributed by atoms with Crippen LogP contribution in [0.15, 0.2) is 12.7 Å². The Hall–Kier alpha value is -0.413. The fourth-order valence-electron chi connectivity index (χ4n) is 1.95. The Morgan fingerprint density at radius 1 is 1.10 bits per heavy atom. The summed E-state index contributed by atoms with van der Waals surface area (Å²) in [4.78, 5) is 10.4. The fourth-order valence-corrected chi connectivity index (χ4v) is 3.37. The third-order valence-electron chi connectivity index (χ3n) is 4.30. The molecule has 0 saturated carbocycles. The summed E-state index contributed by atoms with van der Waals surface area (Å²) in [7, 11) is -1.69. The van der Waals surface area contributed by atoms with Crippen LogP contribution in [0.4, 0.5) is 0 Å². The van der Waals surface area contributed by atoms with Crippen LogP contribution in [0, 0.1) is 0 Å². The summed E-state index contributed by atoms with van der Waals surface area (Å²) < 4.78 is 6.55. The normalized spacial score (nSPS) is 14.1. The van der Waals surface area contributed by atoms with Gasteiger partial charge in [-0.1, -0.05) is 33.3 Å². The molecule has 0 heterocycles. The van der Waals surface area contributed by atoms with E-state index >= 15 is 0 Å². The zero-order chi connectivity index (χ0) is 15.6. The topological polar surface area (TPSA) is 26.3 Å². The van der Waals surface area contributed by atoms with Crippen LogP contribution < -0.4 is 0 Å². The van der Waals surface area contributed by atoms with E-state index in [1.165, 1.54) is 0 Å². The van der Waals surface area contributed by atoms with Crippen LogP contribution >= 0.6 is 0 Å². The van der Waals surface area contributed by atoms with Gasteiger partial charge in [-0.05, 0) is 50.2 Å². The van der Waals surface area contributed by atoms with Gasteiger partial charge in [-0.15, -0.1) is 6.58 Å². The molecule has 3 heteroatoms. The molecule has 0 rings (SSSR count). The Morgan fingerprint density at radius 3 is 2.20 bits per heavy atom. The van der Waals surface area contributed by atoms with Crippen LogP contribution in [0.2, 0.25) is 18.1 Å². The maximum absolute atomic E-state index is 10.4. The van der Waals surface area contributed by atoms with Gasteiger partial charge in [0.1, 0.15) is 6.29 Å². The number of hydrogen-bond acceptors (Lipinski definition) is 2. The molecular formula is C17H34O2Si. The molecule has 0 fully saturated rings. The van der Waals surface area contributed by atoms with E-state index in [1.54, 1.807) is 0 Å². The van der Waals surface area contributed by atoms with Gasteiger partial charge in [-0.25, -0.2) is 0 Å². The van der Waals surface area contributed by atoms with Crippen molar-refractivity contribution in [1.29, 1.82) is 0 Å². The Balaban J connectivity index is 4.42. The standard InChI is InChI=1S/C17H34O2Si/c1-7-8-10-13-16(14-11-9-12-15-18)19-20(5,6)17(2,3)4/h7,15-16H,1,8-14H2,2-6H3/t16-/m1/s1. The predicted octanol–water partition coefficient (Wildman–Crippen LogP) is 5.49. The number of carbonyl (C=O) groups is 1. The first-order valence-corrected chi connectivity index (χ1v) is 10.9. The summed E-state index contributed by atoms with van der Waals surface area (Å²) in [6, 6.07) is 0. The van der Waals surface area contributed by atoms with Crippen LogP contribution in [-0.4, -0.2) is 20.7 Å². The maximum Gasteiger partial charge on any atom is 0.192 e. The molecule has 0 aromatic carbocycles. The van der Waals surface area contributed by atoms with Crippen molar-refractivity contribution in [1.82, 2.24) is 0 Å². The molecule has 0 bridgehead atoms. The van der Waals surface area contributed by atoms with Gasteiger partial charge in [0.05, 0.1) is 0 Å². The van der Waals surface area contributed by atoms with Gasteiger partial charge in [-0.3, -0.25) is 0 Å². The Bertz CT molecular complexity index is 279. The van der Waals surface area contributed by atoms with Crippen molar-refractivity contribution in [2.75, 3.05) is 0 Å². The second-order valence-corrected chi connectivity index (χ2v) is 11.9. The van der Waals surface area contributed by atoms with Crippen LogP contribution in [0.5, 0.6) is 0 Å². The van der Waals surface area contributed by atoms with Crippen molar-refractivity contribution in [3.8, 4) is 0 Å². The second-order valence-electron chi connectivity index (χ2n) is 7.17. The highest BCUT2D eigenvalue weighted by atomic mass is 28.4. The van der Waals surface area contributed by atoms with Crippen LogP contribution in [0.3, 0.4) is 0 Å². The summed E-state index contributed by atoms with van der Waals surface area (Å²) in [6.07, 6.45) is 10.5. The monoisotopic (exact) mass is 298 g/mol. The average molecular weight is 299 g/mol. The largest absolute Gasteiger partial charge is 0.414 e. The minimum atomic E-state index is -1.69. The van der Waals surface area contributed by atoms with Crippen molar-refractivity contribution in [3.05, 3.63) is 12.7 Å². The third-order valence-corrected chi connectivity index (χ3v) is 8.83. The van der Waals surface area contributed by atoms with Crippen molar-refractivity contribution in [3.63, 3.8) is 0 Å². The summed E-state index contributed by atoms with van der Waals surface area (Å²) in [5.41, 5.74) is 0. The first-order valence-electron chi connectivity index (χ1n) is 7.97. The van der Waals surface area contributed by atoms with Gasteiger partial charge >= 0.3 is 0 Å². The molecule has 118 valence electrons. The van der Waals surface area contributed by atoms with E-state index in [2.05, 4.69) is 40.4 Å². The van der Waals surface area contributed by atoms with Gasteiger partial charge in [0, 0.05) is 12.5 Å². The third kappa shape index (κ3) is 8.00. The van der Waals surface area contributed by atoms with Crippen molar-refractivity contribution in [2.24, 2.45) is 0 Å². The Morgan fingerprint density at radius 2 is 1.70 bits per heavy atom. The smallest absolute Gasteiger partial charge is 0.192 e. The van der Waals surface area contributed by atoms with Gasteiger partial charge in [0.25, 0.3) is 0 Å². The predicted molar refractivity (Wildman–Crippen MR) is 90.7 cm³/mol. The number of allylic oxidation sites excluding steroid dienone is 1. The molecule has 0 spiro atoms. The van der Waals surface area contributed by atoms with Crippen LogP contribution in [0.1, 0.15) is 65.7 Å². The van der Waals surface area contributed by atoms with Crippen molar-refractivity contribution in [2.45, 2.75) is 90.0 Å². The van der Waals surface area contributed by atoms with E-state index in [4.69, 9.17) is 4.43 Å². The lowest BCUT2D eigenvalue weighted by Crippen LogP contribution is -2.44. The number of unbranched alkanes of at least 4 members (excludes halogenated alkanes) is 3. The molecular weight excluding hydrogens is 264 g/mol. The molecule has 20 heavy (non-hydrogen) atoms. The van der Waals surface area contributed by atoms with E-state index in [0.29, 0.717) is 12.5 Å². The summed E-state index contributed by atoms with van der Waals surface area (Å²) in [5.74, 6) is 0. The van der Waals surface area contributed by atoms with Crippen LogP contribution in [-0.2, 0) is 9.22 Å². The number of hydrogen-bond donors (Lipinski definition) is 0. The first kappa shape index (κ1) is 19.6. The van der Waals surface area contributed by atoms with E-state index in [-0.39, 0.29) is 5.04 Å². The fraction of sp³-hybridized carbons (Fsp3) is 0.824. The zero-order valence-corrected chi connectivity index (χ0v) is 15.2. The highest BCUT2D eigenvalue weighted by Gasteiger charge is 2.38. The molecule has 0 aromatic heterocycles.